The lowest BCUT2D eigenvalue weighted by molar-refractivity contribution is 0.0494. The molecule has 1 N–H and O–H groups in total. The third kappa shape index (κ3) is 2.79. The molecule has 0 aliphatic carbocycles. The molecular formula is C18H15N3O3. The maximum Gasteiger partial charge on any atom is 0.376 e. The van der Waals surface area contributed by atoms with E-state index in [9.17, 15) is 10.1 Å². The van der Waals surface area contributed by atoms with Crippen molar-refractivity contribution in [1.82, 2.24) is 4.98 Å². The van der Waals surface area contributed by atoms with E-state index in [1.165, 1.54) is 6.20 Å². The SMILES string of the molecule is CCOC(=O)c1oc2cnccc2c1Nc1ccc(C)cc1C#N. The lowest BCUT2D eigenvalue weighted by Crippen LogP contribution is -2.06. The van der Waals surface area contributed by atoms with Crippen LogP contribution in [0.3, 0.4) is 0 Å². The smallest absolute Gasteiger partial charge is 0.376 e. The summed E-state index contributed by atoms with van der Waals surface area (Å²) in [7, 11) is 0. The van der Waals surface area contributed by atoms with Crippen molar-refractivity contribution in [2.75, 3.05) is 11.9 Å². The first-order valence-electron chi connectivity index (χ1n) is 7.45. The minimum Gasteiger partial charge on any atom is -0.460 e. The molecule has 3 aromatic rings. The number of carbonyl (C=O) groups excluding carboxylic acids is 1. The van der Waals surface area contributed by atoms with Crippen molar-refractivity contribution in [2.24, 2.45) is 0 Å². The van der Waals surface area contributed by atoms with Crippen LogP contribution in [0.5, 0.6) is 0 Å². The molecule has 0 spiro atoms. The number of carbonyl (C=O) groups is 1. The van der Waals surface area contributed by atoms with Crippen LogP contribution in [-0.4, -0.2) is 17.6 Å². The van der Waals surface area contributed by atoms with E-state index in [0.29, 0.717) is 27.9 Å². The minimum absolute atomic E-state index is 0.0596. The summed E-state index contributed by atoms with van der Waals surface area (Å²) in [4.78, 5) is 16.2. The van der Waals surface area contributed by atoms with Gasteiger partial charge in [-0.3, -0.25) is 4.98 Å². The van der Waals surface area contributed by atoms with Gasteiger partial charge in [0.2, 0.25) is 5.76 Å². The van der Waals surface area contributed by atoms with Gasteiger partial charge in [-0.05, 0) is 37.6 Å². The Kier molecular flexibility index (Phi) is 4.17. The van der Waals surface area contributed by atoms with Crippen molar-refractivity contribution >= 4 is 28.3 Å². The Labute approximate surface area is 138 Å². The molecule has 1 aromatic carbocycles. The standard InChI is InChI=1S/C18H15N3O3/c1-3-23-18(22)17-16(13-6-7-20-10-15(13)24-17)21-14-5-4-11(2)8-12(14)9-19/h4-8,10,21H,3H2,1-2H3. The zero-order valence-electron chi connectivity index (χ0n) is 13.3. The summed E-state index contributed by atoms with van der Waals surface area (Å²) in [5.41, 5.74) is 2.98. The van der Waals surface area contributed by atoms with Gasteiger partial charge in [0.15, 0.2) is 5.58 Å². The van der Waals surface area contributed by atoms with E-state index in [1.807, 2.05) is 13.0 Å². The van der Waals surface area contributed by atoms with E-state index in [1.54, 1.807) is 31.3 Å². The summed E-state index contributed by atoms with van der Waals surface area (Å²) in [5, 5.41) is 13.2. The predicted octanol–water partition coefficient (Wildman–Crippen LogP) is 3.93. The lowest BCUT2D eigenvalue weighted by Gasteiger charge is -2.09. The first-order valence-corrected chi connectivity index (χ1v) is 7.45. The number of esters is 1. The molecule has 24 heavy (non-hydrogen) atoms. The largest absolute Gasteiger partial charge is 0.460 e. The van der Waals surface area contributed by atoms with E-state index in [0.717, 1.165) is 5.56 Å². The number of nitrogens with one attached hydrogen (secondary N) is 1. The van der Waals surface area contributed by atoms with E-state index < -0.39 is 5.97 Å². The van der Waals surface area contributed by atoms with Crippen molar-refractivity contribution in [2.45, 2.75) is 13.8 Å². The van der Waals surface area contributed by atoms with Crippen LogP contribution in [0.2, 0.25) is 0 Å². The Balaban J connectivity index is 2.13. The van der Waals surface area contributed by atoms with Crippen LogP contribution in [0, 0.1) is 18.3 Å². The molecule has 0 aliphatic rings. The van der Waals surface area contributed by atoms with Gasteiger partial charge in [-0.15, -0.1) is 0 Å². The number of aromatic nitrogens is 1. The fourth-order valence-corrected chi connectivity index (χ4v) is 2.41. The van der Waals surface area contributed by atoms with E-state index in [2.05, 4.69) is 16.4 Å². The molecule has 0 unspecified atom stereocenters. The number of furan rings is 1. The molecule has 6 heteroatoms. The average molecular weight is 321 g/mol. The molecule has 0 saturated heterocycles. The maximum absolute atomic E-state index is 12.2. The average Bonchev–Trinajstić information content (AvgIpc) is 2.95. The van der Waals surface area contributed by atoms with Gasteiger partial charge in [0, 0.05) is 11.6 Å². The molecule has 0 amide bonds. The molecule has 0 fully saturated rings. The number of benzene rings is 1. The zero-order valence-corrected chi connectivity index (χ0v) is 13.3. The van der Waals surface area contributed by atoms with Crippen molar-refractivity contribution < 1.29 is 13.9 Å². The number of anilines is 2. The second-order valence-corrected chi connectivity index (χ2v) is 5.18. The van der Waals surface area contributed by atoms with E-state index in [4.69, 9.17) is 9.15 Å². The summed E-state index contributed by atoms with van der Waals surface area (Å²) >= 11 is 0. The van der Waals surface area contributed by atoms with Gasteiger partial charge in [-0.2, -0.15) is 5.26 Å². The molecule has 0 aliphatic heterocycles. The van der Waals surface area contributed by atoms with Crippen LogP contribution >= 0.6 is 0 Å². The third-order valence-electron chi connectivity index (χ3n) is 3.51. The molecule has 2 aromatic heterocycles. The van der Waals surface area contributed by atoms with Crippen LogP contribution in [0.15, 0.2) is 41.1 Å². The summed E-state index contributed by atoms with van der Waals surface area (Å²) in [5.74, 6) is -0.508. The maximum atomic E-state index is 12.2. The van der Waals surface area contributed by atoms with Crippen molar-refractivity contribution in [3.63, 3.8) is 0 Å². The second-order valence-electron chi connectivity index (χ2n) is 5.18. The molecule has 0 atom stereocenters. The predicted molar refractivity (Wildman–Crippen MR) is 89.1 cm³/mol. The number of ether oxygens (including phenoxy) is 1. The van der Waals surface area contributed by atoms with Crippen molar-refractivity contribution in [3.8, 4) is 6.07 Å². The molecule has 0 radical (unpaired) electrons. The van der Waals surface area contributed by atoms with Crippen LogP contribution in [0.1, 0.15) is 28.6 Å². The monoisotopic (exact) mass is 321 g/mol. The molecule has 0 saturated carbocycles. The highest BCUT2D eigenvalue weighted by molar-refractivity contribution is 6.05. The van der Waals surface area contributed by atoms with Crippen molar-refractivity contribution in [1.29, 1.82) is 5.26 Å². The number of pyridine rings is 1. The Morgan fingerprint density at radius 3 is 3.00 bits per heavy atom. The van der Waals surface area contributed by atoms with Gasteiger partial charge in [-0.25, -0.2) is 4.79 Å². The van der Waals surface area contributed by atoms with Gasteiger partial charge >= 0.3 is 5.97 Å². The Hall–Kier alpha value is -3.33. The second kappa shape index (κ2) is 6.42. The summed E-state index contributed by atoms with van der Waals surface area (Å²) in [6.45, 7) is 3.87. The van der Waals surface area contributed by atoms with Crippen molar-refractivity contribution in [3.05, 3.63) is 53.5 Å². The number of rotatable bonds is 4. The number of hydrogen-bond donors (Lipinski definition) is 1. The highest BCUT2D eigenvalue weighted by Gasteiger charge is 2.22. The molecule has 3 rings (SSSR count). The first kappa shape index (κ1) is 15.6. The topological polar surface area (TPSA) is 88.2 Å². The van der Waals surface area contributed by atoms with Gasteiger partial charge in [0.25, 0.3) is 0 Å². The minimum atomic E-state index is -0.568. The molecular weight excluding hydrogens is 306 g/mol. The van der Waals surface area contributed by atoms with E-state index >= 15 is 0 Å². The summed E-state index contributed by atoms with van der Waals surface area (Å²) < 4.78 is 10.7. The van der Waals surface area contributed by atoms with Gasteiger partial charge < -0.3 is 14.5 Å². The van der Waals surface area contributed by atoms with Crippen LogP contribution in [-0.2, 0) is 4.74 Å². The summed E-state index contributed by atoms with van der Waals surface area (Å²) in [6.07, 6.45) is 3.14. The molecule has 6 nitrogen and oxygen atoms in total. The Morgan fingerprint density at radius 1 is 1.42 bits per heavy atom. The third-order valence-corrected chi connectivity index (χ3v) is 3.51. The number of fused-ring (bicyclic) bond motifs is 1. The number of nitriles is 1. The number of aryl methyl sites for hydroxylation is 1. The van der Waals surface area contributed by atoms with Gasteiger partial charge in [0.1, 0.15) is 11.8 Å². The van der Waals surface area contributed by atoms with E-state index in [-0.39, 0.29) is 12.4 Å². The highest BCUT2D eigenvalue weighted by Crippen LogP contribution is 2.34. The quantitative estimate of drug-likeness (QED) is 0.732. The lowest BCUT2D eigenvalue weighted by atomic mass is 10.1. The normalized spacial score (nSPS) is 10.4. The molecule has 120 valence electrons. The van der Waals surface area contributed by atoms with Crippen LogP contribution < -0.4 is 5.32 Å². The van der Waals surface area contributed by atoms with Crippen LogP contribution in [0.4, 0.5) is 11.4 Å². The van der Waals surface area contributed by atoms with Gasteiger partial charge in [0.05, 0.1) is 24.1 Å². The fraction of sp³-hybridized carbons (Fsp3) is 0.167. The number of nitrogens with zero attached hydrogens (tertiary/aromatic N) is 2. The van der Waals surface area contributed by atoms with Crippen LogP contribution in [0.25, 0.3) is 11.0 Å². The first-order chi connectivity index (χ1) is 11.6. The number of hydrogen-bond acceptors (Lipinski definition) is 6. The highest BCUT2D eigenvalue weighted by atomic mass is 16.5. The molecule has 0 bridgehead atoms. The molecule has 2 heterocycles. The zero-order chi connectivity index (χ0) is 17.1. The Morgan fingerprint density at radius 2 is 2.25 bits per heavy atom. The van der Waals surface area contributed by atoms with Gasteiger partial charge in [-0.1, -0.05) is 6.07 Å². The Bertz CT molecular complexity index is 954. The fourth-order valence-electron chi connectivity index (χ4n) is 2.41. The summed E-state index contributed by atoms with van der Waals surface area (Å²) in [6, 6.07) is 9.34.